The number of carbonyl (C=O) groups excluding carboxylic acids is 1. The summed E-state index contributed by atoms with van der Waals surface area (Å²) in [7, 11) is 1.64. The summed E-state index contributed by atoms with van der Waals surface area (Å²) in [5.41, 5.74) is 1.74. The fraction of sp³-hybridized carbons (Fsp3) is 0.538. The highest BCUT2D eigenvalue weighted by Crippen LogP contribution is 2.16. The number of aryl methyl sites for hydroxylation is 1. The first-order chi connectivity index (χ1) is 9.20. The number of hydrogen-bond acceptors (Lipinski definition) is 4. The first-order valence-electron chi connectivity index (χ1n) is 6.28. The summed E-state index contributed by atoms with van der Waals surface area (Å²) in [5, 5.41) is 2.87. The molecular weight excluding hydrogens is 246 g/mol. The number of pyridine rings is 1. The molecule has 0 aliphatic carbocycles. The second kappa shape index (κ2) is 6.49. The predicted octanol–water partition coefficient (Wildman–Crippen LogP) is 1.27. The van der Waals surface area contributed by atoms with Gasteiger partial charge in [-0.2, -0.15) is 0 Å². The van der Waals surface area contributed by atoms with E-state index < -0.39 is 0 Å². The molecule has 2 rings (SSSR count). The molecule has 0 spiro atoms. The zero-order valence-electron chi connectivity index (χ0n) is 11.3. The lowest BCUT2D eigenvalue weighted by Crippen LogP contribution is -2.56. The summed E-state index contributed by atoms with van der Waals surface area (Å²) in [4.78, 5) is 17.6. The largest absolute Gasteiger partial charge is 0.382 e. The Morgan fingerprint density at radius 3 is 3.00 bits per heavy atom. The number of hydrogen-bond donors (Lipinski definition) is 1. The lowest BCUT2D eigenvalue weighted by Gasteiger charge is -2.38. The van der Waals surface area contributed by atoms with Crippen molar-refractivity contribution in [2.75, 3.05) is 38.7 Å². The highest BCUT2D eigenvalue weighted by Gasteiger charge is 2.31. The van der Waals surface area contributed by atoms with Crippen LogP contribution in [0.15, 0.2) is 18.5 Å². The van der Waals surface area contributed by atoms with E-state index in [0.29, 0.717) is 26.3 Å². The van der Waals surface area contributed by atoms with Gasteiger partial charge in [0.05, 0.1) is 32.4 Å². The van der Waals surface area contributed by atoms with E-state index >= 15 is 0 Å². The smallest absolute Gasteiger partial charge is 0.322 e. The summed E-state index contributed by atoms with van der Waals surface area (Å²) >= 11 is 0. The molecule has 104 valence electrons. The maximum absolute atomic E-state index is 11.9. The van der Waals surface area contributed by atoms with E-state index in [1.165, 1.54) is 0 Å². The fourth-order valence-corrected chi connectivity index (χ4v) is 1.82. The third-order valence-electron chi connectivity index (χ3n) is 3.04. The third-order valence-corrected chi connectivity index (χ3v) is 3.04. The van der Waals surface area contributed by atoms with Crippen molar-refractivity contribution in [2.24, 2.45) is 0 Å². The highest BCUT2D eigenvalue weighted by atomic mass is 16.5. The molecule has 1 saturated heterocycles. The summed E-state index contributed by atoms with van der Waals surface area (Å²) in [5.74, 6) is 0. The molecule has 1 fully saturated rings. The van der Waals surface area contributed by atoms with Gasteiger partial charge in [-0.25, -0.2) is 4.79 Å². The normalized spacial score (nSPS) is 15.2. The minimum atomic E-state index is -0.0964. The van der Waals surface area contributed by atoms with Crippen LogP contribution in [0.25, 0.3) is 0 Å². The second-order valence-electron chi connectivity index (χ2n) is 4.51. The Balaban J connectivity index is 1.73. The molecule has 0 atom stereocenters. The maximum atomic E-state index is 11.9. The molecule has 0 radical (unpaired) electrons. The molecule has 19 heavy (non-hydrogen) atoms. The lowest BCUT2D eigenvalue weighted by atomic mass is 10.2. The van der Waals surface area contributed by atoms with E-state index in [-0.39, 0.29) is 12.1 Å². The van der Waals surface area contributed by atoms with Crippen LogP contribution in [0.1, 0.15) is 5.56 Å². The first kappa shape index (κ1) is 13.8. The Morgan fingerprint density at radius 1 is 1.53 bits per heavy atom. The molecule has 1 aliphatic rings. The van der Waals surface area contributed by atoms with Crippen LogP contribution < -0.4 is 5.32 Å². The van der Waals surface area contributed by atoms with Crippen LogP contribution >= 0.6 is 0 Å². The van der Waals surface area contributed by atoms with Crippen molar-refractivity contribution < 1.29 is 14.3 Å². The van der Waals surface area contributed by atoms with Crippen LogP contribution in [0.2, 0.25) is 0 Å². The summed E-state index contributed by atoms with van der Waals surface area (Å²) in [6, 6.07) is 1.69. The Labute approximate surface area is 112 Å². The molecule has 0 bridgehead atoms. The molecule has 1 N–H and O–H groups in total. The number of nitrogens with one attached hydrogen (secondary N) is 1. The number of nitrogens with zero attached hydrogens (tertiary/aromatic N) is 2. The second-order valence-corrected chi connectivity index (χ2v) is 4.51. The lowest BCUT2D eigenvalue weighted by molar-refractivity contribution is -0.0486. The van der Waals surface area contributed by atoms with E-state index in [9.17, 15) is 4.79 Å². The first-order valence-corrected chi connectivity index (χ1v) is 6.28. The van der Waals surface area contributed by atoms with Crippen molar-refractivity contribution in [2.45, 2.75) is 13.0 Å². The van der Waals surface area contributed by atoms with E-state index in [1.807, 2.05) is 6.92 Å². The summed E-state index contributed by atoms with van der Waals surface area (Å²) in [6.45, 7) is 4.31. The number of ether oxygens (including phenoxy) is 2. The van der Waals surface area contributed by atoms with Crippen LogP contribution in [0.3, 0.4) is 0 Å². The third kappa shape index (κ3) is 3.65. The number of carbonyl (C=O) groups is 1. The van der Waals surface area contributed by atoms with Crippen LogP contribution in [0, 0.1) is 6.92 Å². The van der Waals surface area contributed by atoms with Crippen molar-refractivity contribution in [3.05, 3.63) is 24.0 Å². The van der Waals surface area contributed by atoms with E-state index in [2.05, 4.69) is 10.3 Å². The van der Waals surface area contributed by atoms with Crippen LogP contribution in [0.4, 0.5) is 10.5 Å². The van der Waals surface area contributed by atoms with Gasteiger partial charge in [-0.15, -0.1) is 0 Å². The summed E-state index contributed by atoms with van der Waals surface area (Å²) < 4.78 is 10.4. The van der Waals surface area contributed by atoms with Gasteiger partial charge < -0.3 is 19.7 Å². The molecule has 1 aromatic rings. The van der Waals surface area contributed by atoms with Crippen molar-refractivity contribution in [3.8, 4) is 0 Å². The molecule has 1 aliphatic heterocycles. The number of amides is 2. The maximum Gasteiger partial charge on any atom is 0.322 e. The van der Waals surface area contributed by atoms with Crippen molar-refractivity contribution in [1.82, 2.24) is 9.88 Å². The van der Waals surface area contributed by atoms with Crippen molar-refractivity contribution >= 4 is 11.7 Å². The molecule has 0 saturated carbocycles. The molecular formula is C13H19N3O3. The Kier molecular flexibility index (Phi) is 4.70. The number of aromatic nitrogens is 1. The average molecular weight is 265 g/mol. The Morgan fingerprint density at radius 2 is 2.32 bits per heavy atom. The number of urea groups is 1. The summed E-state index contributed by atoms with van der Waals surface area (Å²) in [6.07, 6.45) is 3.51. The quantitative estimate of drug-likeness (QED) is 0.814. The predicted molar refractivity (Wildman–Crippen MR) is 71.2 cm³/mol. The van der Waals surface area contributed by atoms with Crippen molar-refractivity contribution in [1.29, 1.82) is 0 Å². The topological polar surface area (TPSA) is 63.7 Å². The fourth-order valence-electron chi connectivity index (χ4n) is 1.82. The molecule has 0 unspecified atom stereocenters. The van der Waals surface area contributed by atoms with Gasteiger partial charge in [-0.05, 0) is 18.6 Å². The van der Waals surface area contributed by atoms with E-state index in [0.717, 1.165) is 11.3 Å². The Bertz CT molecular complexity index is 433. The minimum Gasteiger partial charge on any atom is -0.382 e. The monoisotopic (exact) mass is 265 g/mol. The van der Waals surface area contributed by atoms with Crippen LogP contribution in [0.5, 0.6) is 0 Å². The van der Waals surface area contributed by atoms with E-state index in [4.69, 9.17) is 9.47 Å². The van der Waals surface area contributed by atoms with E-state index in [1.54, 1.807) is 30.5 Å². The average Bonchev–Trinajstić information content (AvgIpc) is 2.35. The number of rotatable bonds is 5. The molecule has 6 heteroatoms. The highest BCUT2D eigenvalue weighted by molar-refractivity contribution is 5.90. The van der Waals surface area contributed by atoms with Gasteiger partial charge in [-0.3, -0.25) is 4.98 Å². The van der Waals surface area contributed by atoms with Crippen LogP contribution in [-0.2, 0) is 9.47 Å². The molecule has 2 amide bonds. The van der Waals surface area contributed by atoms with Gasteiger partial charge in [0.2, 0.25) is 0 Å². The number of anilines is 1. The van der Waals surface area contributed by atoms with Gasteiger partial charge in [0.15, 0.2) is 0 Å². The molecule has 1 aromatic heterocycles. The van der Waals surface area contributed by atoms with Gasteiger partial charge in [0.25, 0.3) is 0 Å². The SMILES string of the molecule is COCCOC1CN(C(=O)Nc2ccncc2C)C1. The minimum absolute atomic E-state index is 0.0964. The zero-order valence-corrected chi connectivity index (χ0v) is 11.3. The van der Waals surface area contributed by atoms with Gasteiger partial charge in [-0.1, -0.05) is 0 Å². The van der Waals surface area contributed by atoms with Gasteiger partial charge in [0, 0.05) is 25.2 Å². The zero-order chi connectivity index (χ0) is 13.7. The Hall–Kier alpha value is -1.66. The molecule has 2 heterocycles. The van der Waals surface area contributed by atoms with Crippen LogP contribution in [-0.4, -0.2) is 55.4 Å². The van der Waals surface area contributed by atoms with Gasteiger partial charge >= 0.3 is 6.03 Å². The van der Waals surface area contributed by atoms with Crippen molar-refractivity contribution in [3.63, 3.8) is 0 Å². The standard InChI is InChI=1S/C13H19N3O3/c1-10-7-14-4-3-12(10)15-13(17)16-8-11(9-16)19-6-5-18-2/h3-4,7,11H,5-6,8-9H2,1-2H3,(H,14,15,17). The molecule has 0 aromatic carbocycles. The number of likely N-dealkylation sites (tertiary alicyclic amines) is 1. The molecule has 6 nitrogen and oxygen atoms in total. The van der Waals surface area contributed by atoms with Gasteiger partial charge in [0.1, 0.15) is 0 Å². The number of methoxy groups -OCH3 is 1.